The monoisotopic (exact) mass is 446 g/mol. The largest absolute Gasteiger partial charge is 0.493 e. The molecule has 2 aromatic rings. The van der Waals surface area contributed by atoms with E-state index in [4.69, 9.17) is 34.0 Å². The third kappa shape index (κ3) is 7.44. The van der Waals surface area contributed by atoms with Gasteiger partial charge in [-0.1, -0.05) is 30.3 Å². The summed E-state index contributed by atoms with van der Waals surface area (Å²) in [5.41, 5.74) is 2.56. The molecule has 2 aromatic carbocycles. The van der Waals surface area contributed by atoms with Crippen LogP contribution in [0.3, 0.4) is 0 Å². The Morgan fingerprint density at radius 2 is 1.19 bits per heavy atom. The second-order valence-electron chi connectivity index (χ2n) is 7.18. The smallest absolute Gasteiger partial charge is 0.414 e. The van der Waals surface area contributed by atoms with Gasteiger partial charge in [0.2, 0.25) is 5.75 Å². The third-order valence-electron chi connectivity index (χ3n) is 5.03. The normalized spacial score (nSPS) is 14.1. The van der Waals surface area contributed by atoms with Crippen molar-refractivity contribution in [3.05, 3.63) is 53.6 Å². The highest BCUT2D eigenvalue weighted by Crippen LogP contribution is 2.38. The molecule has 0 spiro atoms. The van der Waals surface area contributed by atoms with E-state index in [1.54, 1.807) is 21.3 Å². The van der Waals surface area contributed by atoms with Crippen molar-refractivity contribution in [3.63, 3.8) is 0 Å². The number of benzene rings is 2. The molecule has 0 aliphatic carbocycles. The molecule has 0 atom stereocenters. The van der Waals surface area contributed by atoms with Crippen LogP contribution in [0.2, 0.25) is 0 Å². The molecule has 9 nitrogen and oxygen atoms in total. The molecule has 0 amide bonds. The second kappa shape index (κ2) is 12.5. The van der Waals surface area contributed by atoms with E-state index in [2.05, 4.69) is 40.1 Å². The second-order valence-corrected chi connectivity index (χ2v) is 7.18. The number of carbonyl (C=O) groups is 2. The molecule has 0 saturated carbocycles. The third-order valence-corrected chi connectivity index (χ3v) is 5.03. The predicted molar refractivity (Wildman–Crippen MR) is 118 cm³/mol. The Morgan fingerprint density at radius 1 is 0.750 bits per heavy atom. The molecule has 2 N–H and O–H groups in total. The van der Waals surface area contributed by atoms with Gasteiger partial charge >= 0.3 is 11.9 Å². The van der Waals surface area contributed by atoms with Crippen LogP contribution in [0.25, 0.3) is 0 Å². The first kappa shape index (κ1) is 25.0. The van der Waals surface area contributed by atoms with Crippen LogP contribution in [0, 0.1) is 0 Å². The number of methoxy groups -OCH3 is 3. The van der Waals surface area contributed by atoms with Crippen LogP contribution >= 0.6 is 0 Å². The van der Waals surface area contributed by atoms with E-state index < -0.39 is 11.9 Å². The van der Waals surface area contributed by atoms with E-state index in [0.29, 0.717) is 17.2 Å². The highest BCUT2D eigenvalue weighted by molar-refractivity contribution is 6.27. The van der Waals surface area contributed by atoms with Gasteiger partial charge in [-0.3, -0.25) is 9.80 Å². The maximum atomic E-state index is 9.10. The molecule has 174 valence electrons. The molecule has 1 saturated heterocycles. The van der Waals surface area contributed by atoms with Gasteiger partial charge < -0.3 is 24.4 Å². The van der Waals surface area contributed by atoms with Crippen LogP contribution in [-0.4, -0.2) is 79.5 Å². The molecular formula is C23H30N2O7. The zero-order valence-corrected chi connectivity index (χ0v) is 18.6. The lowest BCUT2D eigenvalue weighted by atomic mass is 10.1. The number of piperazine rings is 1. The Bertz CT molecular complexity index is 844. The molecule has 1 aliphatic heterocycles. The fraction of sp³-hybridized carbons (Fsp3) is 0.391. The Kier molecular flexibility index (Phi) is 9.77. The van der Waals surface area contributed by atoms with E-state index in [-0.39, 0.29) is 0 Å². The molecule has 0 bridgehead atoms. The molecule has 1 heterocycles. The minimum atomic E-state index is -1.82. The van der Waals surface area contributed by atoms with Gasteiger partial charge in [-0.05, 0) is 23.3 Å². The Balaban J connectivity index is 0.000000534. The summed E-state index contributed by atoms with van der Waals surface area (Å²) in [5, 5.41) is 14.8. The van der Waals surface area contributed by atoms with E-state index >= 15 is 0 Å². The maximum Gasteiger partial charge on any atom is 0.414 e. The van der Waals surface area contributed by atoms with Gasteiger partial charge in [-0.15, -0.1) is 0 Å². The number of hydrogen-bond donors (Lipinski definition) is 2. The molecule has 0 radical (unpaired) electrons. The van der Waals surface area contributed by atoms with Gasteiger partial charge in [-0.2, -0.15) is 0 Å². The lowest BCUT2D eigenvalue weighted by Crippen LogP contribution is -2.45. The SMILES string of the molecule is COc1cc(CN2CCN(Cc3ccccc3)CC2)cc(OC)c1OC.O=C(O)C(=O)O. The Morgan fingerprint density at radius 3 is 1.56 bits per heavy atom. The topological polar surface area (TPSA) is 109 Å². The molecule has 9 heteroatoms. The number of rotatable bonds is 7. The average Bonchev–Trinajstić information content (AvgIpc) is 2.80. The van der Waals surface area contributed by atoms with E-state index in [9.17, 15) is 0 Å². The van der Waals surface area contributed by atoms with Gasteiger partial charge in [0.25, 0.3) is 0 Å². The fourth-order valence-corrected chi connectivity index (χ4v) is 3.43. The summed E-state index contributed by atoms with van der Waals surface area (Å²) in [5.74, 6) is -1.58. The number of hydrogen-bond acceptors (Lipinski definition) is 7. The van der Waals surface area contributed by atoms with Gasteiger partial charge in [0.1, 0.15) is 0 Å². The van der Waals surface area contributed by atoms with Crippen molar-refractivity contribution in [1.29, 1.82) is 0 Å². The van der Waals surface area contributed by atoms with Crippen LogP contribution in [0.5, 0.6) is 17.2 Å². The zero-order chi connectivity index (χ0) is 23.5. The standard InChI is InChI=1S/C21H28N2O3.C2H2O4/c1-24-19-13-18(14-20(25-2)21(19)26-3)16-23-11-9-22(10-12-23)15-17-7-5-4-6-8-17;3-1(4)2(5)6/h4-8,13-14H,9-12,15-16H2,1-3H3;(H,3,4)(H,5,6). The van der Waals surface area contributed by atoms with E-state index in [1.165, 1.54) is 11.1 Å². The van der Waals surface area contributed by atoms with Gasteiger partial charge in [0, 0.05) is 39.3 Å². The molecule has 1 aliphatic rings. The van der Waals surface area contributed by atoms with Crippen molar-refractivity contribution in [1.82, 2.24) is 9.80 Å². The fourth-order valence-electron chi connectivity index (χ4n) is 3.43. The summed E-state index contributed by atoms with van der Waals surface area (Å²) in [7, 11) is 4.94. The van der Waals surface area contributed by atoms with Crippen molar-refractivity contribution in [2.75, 3.05) is 47.5 Å². The van der Waals surface area contributed by atoms with Crippen molar-refractivity contribution in [2.45, 2.75) is 13.1 Å². The first-order chi connectivity index (χ1) is 15.4. The summed E-state index contributed by atoms with van der Waals surface area (Å²) in [6.45, 7) is 6.19. The summed E-state index contributed by atoms with van der Waals surface area (Å²) in [6.07, 6.45) is 0. The minimum Gasteiger partial charge on any atom is -0.493 e. The molecule has 0 unspecified atom stereocenters. The summed E-state index contributed by atoms with van der Waals surface area (Å²) >= 11 is 0. The number of ether oxygens (including phenoxy) is 3. The number of carboxylic acid groups (broad SMARTS) is 2. The van der Waals surface area contributed by atoms with Crippen LogP contribution in [0.1, 0.15) is 11.1 Å². The molecule has 3 rings (SSSR count). The van der Waals surface area contributed by atoms with E-state index in [0.717, 1.165) is 39.3 Å². The summed E-state index contributed by atoms with van der Waals surface area (Å²) in [6, 6.07) is 14.8. The van der Waals surface area contributed by atoms with Crippen LogP contribution in [0.15, 0.2) is 42.5 Å². The Hall–Kier alpha value is -3.30. The lowest BCUT2D eigenvalue weighted by Gasteiger charge is -2.34. The summed E-state index contributed by atoms with van der Waals surface area (Å²) < 4.78 is 16.3. The maximum absolute atomic E-state index is 9.10. The Labute approximate surface area is 187 Å². The van der Waals surface area contributed by atoms with Crippen molar-refractivity contribution < 1.29 is 34.0 Å². The first-order valence-corrected chi connectivity index (χ1v) is 10.1. The molecule has 0 aromatic heterocycles. The van der Waals surface area contributed by atoms with Crippen molar-refractivity contribution in [2.24, 2.45) is 0 Å². The molecule has 32 heavy (non-hydrogen) atoms. The zero-order valence-electron chi connectivity index (χ0n) is 18.6. The summed E-state index contributed by atoms with van der Waals surface area (Å²) in [4.78, 5) is 23.2. The number of nitrogens with zero attached hydrogens (tertiary/aromatic N) is 2. The molecular weight excluding hydrogens is 416 g/mol. The van der Waals surface area contributed by atoms with Crippen LogP contribution in [0.4, 0.5) is 0 Å². The van der Waals surface area contributed by atoms with Gasteiger partial charge in [-0.25, -0.2) is 9.59 Å². The van der Waals surface area contributed by atoms with Crippen molar-refractivity contribution >= 4 is 11.9 Å². The minimum absolute atomic E-state index is 0.645. The quantitative estimate of drug-likeness (QED) is 0.619. The lowest BCUT2D eigenvalue weighted by molar-refractivity contribution is -0.159. The highest BCUT2D eigenvalue weighted by atomic mass is 16.5. The predicted octanol–water partition coefficient (Wildman–Crippen LogP) is 2.19. The van der Waals surface area contributed by atoms with Crippen LogP contribution in [-0.2, 0) is 22.7 Å². The first-order valence-electron chi connectivity index (χ1n) is 10.1. The van der Waals surface area contributed by atoms with Gasteiger partial charge in [0.05, 0.1) is 21.3 Å². The average molecular weight is 447 g/mol. The number of carboxylic acids is 2. The highest BCUT2D eigenvalue weighted by Gasteiger charge is 2.19. The van der Waals surface area contributed by atoms with Crippen molar-refractivity contribution in [3.8, 4) is 17.2 Å². The van der Waals surface area contributed by atoms with E-state index in [1.807, 2.05) is 12.1 Å². The number of aliphatic carboxylic acids is 2. The van der Waals surface area contributed by atoms with Gasteiger partial charge in [0.15, 0.2) is 11.5 Å². The van der Waals surface area contributed by atoms with Crippen LogP contribution < -0.4 is 14.2 Å². The molecule has 1 fully saturated rings.